The van der Waals surface area contributed by atoms with Gasteiger partial charge in [0.25, 0.3) is 0 Å². The quantitative estimate of drug-likeness (QED) is 0.489. The molecule has 0 saturated carbocycles. The average Bonchev–Trinajstić information content (AvgIpc) is 2.32. The maximum Gasteiger partial charge on any atom is 0.188 e. The third kappa shape index (κ3) is 2.60. The van der Waals surface area contributed by atoms with E-state index in [1.807, 2.05) is 0 Å². The molecule has 1 rings (SSSR count). The van der Waals surface area contributed by atoms with Crippen molar-refractivity contribution in [3.63, 3.8) is 0 Å². The number of hydrogen-bond acceptors (Lipinski definition) is 6. The van der Waals surface area contributed by atoms with Gasteiger partial charge in [-0.05, 0) is 13.0 Å². The average molecular weight is 253 g/mol. The zero-order valence-corrected chi connectivity index (χ0v) is 10.2. The number of aryl methyl sites for hydroxylation is 1. The predicted molar refractivity (Wildman–Crippen MR) is 60.6 cm³/mol. The largest absolute Gasteiger partial charge is 0.410 e. The van der Waals surface area contributed by atoms with Crippen molar-refractivity contribution in [3.05, 3.63) is 23.5 Å². The van der Waals surface area contributed by atoms with Crippen LogP contribution in [-0.2, 0) is 9.84 Å². The Morgan fingerprint density at radius 3 is 2.76 bits per heavy atom. The first-order valence-corrected chi connectivity index (χ1v) is 6.43. The minimum atomic E-state index is -3.41. The number of aromatic nitrogens is 1. The van der Waals surface area contributed by atoms with E-state index in [4.69, 9.17) is 10.5 Å². The van der Waals surface area contributed by atoms with E-state index in [-0.39, 0.29) is 21.9 Å². The van der Waals surface area contributed by atoms with Crippen LogP contribution in [0.1, 0.15) is 18.2 Å². The van der Waals surface area contributed by atoms with Crippen LogP contribution in [0.5, 0.6) is 0 Å². The van der Waals surface area contributed by atoms with Gasteiger partial charge in [-0.25, -0.2) is 8.42 Å². The van der Waals surface area contributed by atoms with E-state index in [0.29, 0.717) is 5.69 Å². The number of sulfone groups is 1. The molecule has 17 heavy (non-hydrogen) atoms. The van der Waals surface area contributed by atoms with Crippen molar-refractivity contribution in [2.75, 3.05) is 5.75 Å². The first-order valence-electron chi connectivity index (χ1n) is 4.78. The Hall–Kier alpha value is -1.94. The Balaban J connectivity index is 3.46. The summed E-state index contributed by atoms with van der Waals surface area (Å²) in [4.78, 5) is 3.94. The van der Waals surface area contributed by atoms with E-state index in [2.05, 4.69) is 10.1 Å². The van der Waals surface area contributed by atoms with Crippen molar-refractivity contribution in [1.82, 2.24) is 4.98 Å². The Bertz CT molecular complexity index is 600. The van der Waals surface area contributed by atoms with E-state index >= 15 is 0 Å². The number of hydrogen-bond donors (Lipinski definition) is 1. The first kappa shape index (κ1) is 13.1. The molecule has 0 atom stereocenters. The molecule has 0 saturated heterocycles. The molecule has 1 N–H and O–H groups in total. The molecule has 0 aliphatic heterocycles. The van der Waals surface area contributed by atoms with Gasteiger partial charge >= 0.3 is 0 Å². The van der Waals surface area contributed by atoms with Crippen LogP contribution in [0.15, 0.2) is 22.3 Å². The number of oxime groups is 1. The monoisotopic (exact) mass is 253 g/mol. The van der Waals surface area contributed by atoms with Crippen molar-refractivity contribution < 1.29 is 13.6 Å². The van der Waals surface area contributed by atoms with Crippen LogP contribution in [-0.4, -0.2) is 30.1 Å². The minimum Gasteiger partial charge on any atom is -0.410 e. The van der Waals surface area contributed by atoms with Gasteiger partial charge in [0, 0.05) is 11.8 Å². The normalized spacial score (nSPS) is 12.2. The fourth-order valence-corrected chi connectivity index (χ4v) is 2.38. The summed E-state index contributed by atoms with van der Waals surface area (Å²) in [6, 6.07) is 2.94. The van der Waals surface area contributed by atoms with E-state index in [1.54, 1.807) is 13.0 Å². The van der Waals surface area contributed by atoms with Gasteiger partial charge in [0.05, 0.1) is 16.3 Å². The maximum atomic E-state index is 11.7. The second-order valence-corrected chi connectivity index (χ2v) is 5.52. The van der Waals surface area contributed by atoms with Crippen molar-refractivity contribution >= 4 is 15.5 Å². The third-order valence-corrected chi connectivity index (χ3v) is 4.08. The van der Waals surface area contributed by atoms with E-state index in [1.165, 1.54) is 19.2 Å². The molecular weight excluding hydrogens is 242 g/mol. The topological polar surface area (TPSA) is 103 Å². The molecule has 0 unspecified atom stereocenters. The molecule has 0 aliphatic rings. The lowest BCUT2D eigenvalue weighted by Gasteiger charge is -2.06. The van der Waals surface area contributed by atoms with Gasteiger partial charge < -0.3 is 5.21 Å². The van der Waals surface area contributed by atoms with E-state index in [0.717, 1.165) is 0 Å². The Labute approximate surface area is 99.1 Å². The fourth-order valence-electron chi connectivity index (χ4n) is 1.26. The molecular formula is C10H11N3O3S. The molecule has 0 aliphatic carbocycles. The summed E-state index contributed by atoms with van der Waals surface area (Å²) >= 11 is 0. The predicted octanol–water partition coefficient (Wildman–Crippen LogP) is 0.886. The number of rotatable bonds is 3. The molecule has 1 aromatic rings. The van der Waals surface area contributed by atoms with Gasteiger partial charge in [0.2, 0.25) is 0 Å². The second kappa shape index (κ2) is 4.93. The molecule has 90 valence electrons. The molecule has 7 heteroatoms. The van der Waals surface area contributed by atoms with Crippen LogP contribution < -0.4 is 0 Å². The number of nitrogens with zero attached hydrogens (tertiary/aromatic N) is 3. The maximum absolute atomic E-state index is 11.7. The standard InChI is InChI=1S/C10H11N3O3S/c1-3-17(15,16)10-4-8(6-12-7(10)2)9(5-11)13-14/h4,6,14H,3H2,1-2H3/b13-9+. The van der Waals surface area contributed by atoms with Gasteiger partial charge in [0.1, 0.15) is 6.07 Å². The van der Waals surface area contributed by atoms with Crippen LogP contribution in [0.25, 0.3) is 0 Å². The van der Waals surface area contributed by atoms with Gasteiger partial charge in [-0.15, -0.1) is 0 Å². The lowest BCUT2D eigenvalue weighted by atomic mass is 10.2. The highest BCUT2D eigenvalue weighted by molar-refractivity contribution is 7.91. The highest BCUT2D eigenvalue weighted by Crippen LogP contribution is 2.16. The van der Waals surface area contributed by atoms with Gasteiger partial charge in [-0.3, -0.25) is 4.98 Å². The number of pyridine rings is 1. The van der Waals surface area contributed by atoms with Crippen LogP contribution in [0.4, 0.5) is 0 Å². The lowest BCUT2D eigenvalue weighted by molar-refractivity contribution is 0.320. The summed E-state index contributed by atoms with van der Waals surface area (Å²) in [6.07, 6.45) is 1.29. The Kier molecular flexibility index (Phi) is 3.81. The summed E-state index contributed by atoms with van der Waals surface area (Å²) < 4.78 is 23.5. The van der Waals surface area contributed by atoms with Gasteiger partial charge in [-0.2, -0.15) is 5.26 Å². The molecule has 0 aromatic carbocycles. The lowest BCUT2D eigenvalue weighted by Crippen LogP contribution is -2.09. The fraction of sp³-hybridized carbons (Fsp3) is 0.300. The number of nitriles is 1. The Morgan fingerprint density at radius 1 is 1.65 bits per heavy atom. The van der Waals surface area contributed by atoms with Crippen molar-refractivity contribution in [1.29, 1.82) is 5.26 Å². The van der Waals surface area contributed by atoms with E-state index in [9.17, 15) is 8.42 Å². The summed E-state index contributed by atoms with van der Waals surface area (Å²) in [5.74, 6) is -0.0584. The SMILES string of the molecule is CCS(=O)(=O)c1cc(/C(C#N)=N/O)cnc1C. The van der Waals surface area contributed by atoms with Gasteiger partial charge in [-0.1, -0.05) is 12.1 Å². The van der Waals surface area contributed by atoms with Crippen LogP contribution in [0.2, 0.25) is 0 Å². The van der Waals surface area contributed by atoms with Crippen LogP contribution >= 0.6 is 0 Å². The van der Waals surface area contributed by atoms with Crippen molar-refractivity contribution in [3.8, 4) is 6.07 Å². The molecule has 0 bridgehead atoms. The Morgan fingerprint density at radius 2 is 2.29 bits per heavy atom. The summed E-state index contributed by atoms with van der Waals surface area (Å²) in [5, 5.41) is 20.0. The molecule has 0 radical (unpaired) electrons. The van der Waals surface area contributed by atoms with Gasteiger partial charge in [0.15, 0.2) is 15.5 Å². The zero-order chi connectivity index (χ0) is 13.1. The summed E-state index contributed by atoms with van der Waals surface area (Å²) in [5.41, 5.74) is 0.253. The summed E-state index contributed by atoms with van der Waals surface area (Å²) in [7, 11) is -3.41. The van der Waals surface area contributed by atoms with Crippen LogP contribution in [0, 0.1) is 18.3 Å². The van der Waals surface area contributed by atoms with Crippen molar-refractivity contribution in [2.45, 2.75) is 18.7 Å². The molecule has 1 aromatic heterocycles. The minimum absolute atomic E-state index is 0.0499. The third-order valence-electron chi connectivity index (χ3n) is 2.23. The molecule has 6 nitrogen and oxygen atoms in total. The molecule has 1 heterocycles. The first-order chi connectivity index (χ1) is 7.96. The highest BCUT2D eigenvalue weighted by Gasteiger charge is 2.17. The molecule has 0 amide bonds. The van der Waals surface area contributed by atoms with Crippen LogP contribution in [0.3, 0.4) is 0 Å². The van der Waals surface area contributed by atoms with Crippen molar-refractivity contribution in [2.24, 2.45) is 5.16 Å². The summed E-state index contributed by atoms with van der Waals surface area (Å²) in [6.45, 7) is 3.08. The zero-order valence-electron chi connectivity index (χ0n) is 9.38. The highest BCUT2D eigenvalue weighted by atomic mass is 32.2. The smallest absolute Gasteiger partial charge is 0.188 e. The molecule has 0 spiro atoms. The second-order valence-electron chi connectivity index (χ2n) is 3.27. The molecule has 0 fully saturated rings. The van der Waals surface area contributed by atoms with E-state index < -0.39 is 9.84 Å².